The van der Waals surface area contributed by atoms with Crippen molar-refractivity contribution in [3.05, 3.63) is 98.5 Å². The van der Waals surface area contributed by atoms with Crippen molar-refractivity contribution in [1.29, 1.82) is 0 Å². The van der Waals surface area contributed by atoms with E-state index in [2.05, 4.69) is 5.32 Å². The van der Waals surface area contributed by atoms with E-state index >= 15 is 0 Å². The Bertz CT molecular complexity index is 1050. The molecule has 0 fully saturated rings. The zero-order chi connectivity index (χ0) is 19.6. The first-order valence-electron chi connectivity index (χ1n) is 9.00. The van der Waals surface area contributed by atoms with Crippen molar-refractivity contribution in [2.45, 2.75) is 34.2 Å². The maximum atomic E-state index is 12.9. The van der Waals surface area contributed by atoms with E-state index in [1.165, 1.54) is 6.07 Å². The minimum Gasteiger partial charge on any atom is -0.344 e. The Morgan fingerprint density at radius 2 is 1.67 bits per heavy atom. The molecule has 138 valence electrons. The maximum absolute atomic E-state index is 12.9. The average molecular weight is 360 g/mol. The zero-order valence-corrected chi connectivity index (χ0v) is 16.2. The van der Waals surface area contributed by atoms with Crippen LogP contribution in [0, 0.1) is 27.7 Å². The van der Waals surface area contributed by atoms with Crippen molar-refractivity contribution in [1.82, 2.24) is 4.57 Å². The van der Waals surface area contributed by atoms with E-state index in [0.29, 0.717) is 12.2 Å². The summed E-state index contributed by atoms with van der Waals surface area (Å²) >= 11 is 0. The van der Waals surface area contributed by atoms with Crippen molar-refractivity contribution in [3.8, 4) is 0 Å². The average Bonchev–Trinajstić information content (AvgIpc) is 2.62. The summed E-state index contributed by atoms with van der Waals surface area (Å²) in [5.41, 5.74) is 5.39. The highest BCUT2D eigenvalue weighted by atomic mass is 16.2. The number of nitrogens with one attached hydrogen (secondary N) is 1. The smallest absolute Gasteiger partial charge is 0.261 e. The van der Waals surface area contributed by atoms with E-state index in [9.17, 15) is 9.59 Å². The lowest BCUT2D eigenvalue weighted by atomic mass is 10.1. The molecule has 1 heterocycles. The van der Waals surface area contributed by atoms with Crippen LogP contribution in [0.15, 0.2) is 59.4 Å². The molecule has 0 radical (unpaired) electrons. The monoisotopic (exact) mass is 360 g/mol. The lowest BCUT2D eigenvalue weighted by Crippen LogP contribution is -2.27. The number of carbonyl (C=O) groups excluding carboxylic acids is 1. The fourth-order valence-corrected chi connectivity index (χ4v) is 3.34. The number of hydrogen-bond acceptors (Lipinski definition) is 2. The van der Waals surface area contributed by atoms with Gasteiger partial charge < -0.3 is 9.88 Å². The SMILES string of the molecule is Cc1ccc(NC(=O)c2c(C)n(Cc3ccccc3)c(C)cc2=O)c(C)c1. The highest BCUT2D eigenvalue weighted by Crippen LogP contribution is 2.18. The minimum absolute atomic E-state index is 0.191. The number of rotatable bonds is 4. The van der Waals surface area contributed by atoms with Gasteiger partial charge in [0.1, 0.15) is 5.56 Å². The van der Waals surface area contributed by atoms with Crippen molar-refractivity contribution >= 4 is 11.6 Å². The predicted octanol–water partition coefficient (Wildman–Crippen LogP) is 4.38. The molecular weight excluding hydrogens is 336 g/mol. The standard InChI is InChI=1S/C23H24N2O2/c1-15-10-11-20(16(2)12-15)24-23(27)22-18(4)25(17(3)13-21(22)26)14-19-8-6-5-7-9-19/h5-13H,14H2,1-4H3,(H,24,27). The molecule has 3 rings (SSSR count). The van der Waals surface area contributed by atoms with Crippen LogP contribution in [0.5, 0.6) is 0 Å². The van der Waals surface area contributed by atoms with E-state index in [4.69, 9.17) is 0 Å². The number of pyridine rings is 1. The van der Waals surface area contributed by atoms with Gasteiger partial charge in [-0.25, -0.2) is 0 Å². The normalized spacial score (nSPS) is 10.7. The van der Waals surface area contributed by atoms with Crippen LogP contribution in [0.3, 0.4) is 0 Å². The molecule has 1 amide bonds. The molecule has 2 aromatic carbocycles. The predicted molar refractivity (Wildman–Crippen MR) is 110 cm³/mol. The molecule has 1 N–H and O–H groups in total. The highest BCUT2D eigenvalue weighted by molar-refractivity contribution is 6.05. The van der Waals surface area contributed by atoms with Crippen LogP contribution < -0.4 is 10.7 Å². The minimum atomic E-state index is -0.369. The first kappa shape index (κ1) is 18.6. The molecule has 0 atom stereocenters. The number of aryl methyl sites for hydroxylation is 3. The van der Waals surface area contributed by atoms with Gasteiger partial charge in [0, 0.05) is 29.7 Å². The number of aromatic nitrogens is 1. The first-order chi connectivity index (χ1) is 12.9. The summed E-state index contributed by atoms with van der Waals surface area (Å²) in [4.78, 5) is 25.4. The summed E-state index contributed by atoms with van der Waals surface area (Å²) < 4.78 is 2.01. The number of carbonyl (C=O) groups is 1. The second-order valence-corrected chi connectivity index (χ2v) is 6.95. The van der Waals surface area contributed by atoms with Gasteiger partial charge in [-0.05, 0) is 44.9 Å². The van der Waals surface area contributed by atoms with Gasteiger partial charge in [-0.1, -0.05) is 48.0 Å². The highest BCUT2D eigenvalue weighted by Gasteiger charge is 2.18. The molecule has 0 saturated carbocycles. The lowest BCUT2D eigenvalue weighted by Gasteiger charge is -2.18. The van der Waals surface area contributed by atoms with Gasteiger partial charge in [0.15, 0.2) is 5.43 Å². The summed E-state index contributed by atoms with van der Waals surface area (Å²) in [5.74, 6) is -0.369. The quantitative estimate of drug-likeness (QED) is 0.750. The molecule has 4 nitrogen and oxygen atoms in total. The Labute approximate surface area is 159 Å². The number of nitrogens with zero attached hydrogens (tertiary/aromatic N) is 1. The second-order valence-electron chi connectivity index (χ2n) is 6.95. The Kier molecular flexibility index (Phi) is 5.26. The van der Waals surface area contributed by atoms with Crippen LogP contribution in [0.4, 0.5) is 5.69 Å². The van der Waals surface area contributed by atoms with Crippen LogP contribution in [-0.2, 0) is 6.54 Å². The molecule has 0 aliphatic carbocycles. The Morgan fingerprint density at radius 1 is 0.963 bits per heavy atom. The van der Waals surface area contributed by atoms with Gasteiger partial charge in [0.2, 0.25) is 0 Å². The zero-order valence-electron chi connectivity index (χ0n) is 16.2. The van der Waals surface area contributed by atoms with E-state index in [1.54, 1.807) is 0 Å². The topological polar surface area (TPSA) is 51.1 Å². The molecule has 0 bridgehead atoms. The molecule has 0 saturated heterocycles. The second kappa shape index (κ2) is 7.62. The van der Waals surface area contributed by atoms with E-state index in [0.717, 1.165) is 28.1 Å². The third-order valence-electron chi connectivity index (χ3n) is 4.82. The molecule has 0 spiro atoms. The fraction of sp³-hybridized carbons (Fsp3) is 0.217. The number of amides is 1. The van der Waals surface area contributed by atoms with E-state index in [-0.39, 0.29) is 16.9 Å². The van der Waals surface area contributed by atoms with Gasteiger partial charge in [-0.15, -0.1) is 0 Å². The first-order valence-corrected chi connectivity index (χ1v) is 9.00. The van der Waals surface area contributed by atoms with E-state index in [1.807, 2.05) is 80.8 Å². The molecule has 0 aliphatic rings. The summed E-state index contributed by atoms with van der Waals surface area (Å²) in [6, 6.07) is 17.4. The number of benzene rings is 2. The Balaban J connectivity index is 1.98. The van der Waals surface area contributed by atoms with Gasteiger partial charge in [-0.3, -0.25) is 9.59 Å². The number of anilines is 1. The fourth-order valence-electron chi connectivity index (χ4n) is 3.34. The van der Waals surface area contributed by atoms with Crippen LogP contribution >= 0.6 is 0 Å². The van der Waals surface area contributed by atoms with Crippen LogP contribution in [0.25, 0.3) is 0 Å². The third kappa shape index (κ3) is 4.00. The van der Waals surface area contributed by atoms with Gasteiger partial charge >= 0.3 is 0 Å². The van der Waals surface area contributed by atoms with Gasteiger partial charge in [0.25, 0.3) is 5.91 Å². The molecule has 3 aromatic rings. The van der Waals surface area contributed by atoms with Crippen molar-refractivity contribution in [2.24, 2.45) is 0 Å². The van der Waals surface area contributed by atoms with Crippen molar-refractivity contribution < 1.29 is 4.79 Å². The van der Waals surface area contributed by atoms with E-state index < -0.39 is 0 Å². The Hall–Kier alpha value is -3.14. The van der Waals surface area contributed by atoms with Crippen molar-refractivity contribution in [3.63, 3.8) is 0 Å². The summed E-state index contributed by atoms with van der Waals surface area (Å²) in [7, 11) is 0. The molecule has 0 unspecified atom stereocenters. The molecule has 4 heteroatoms. The third-order valence-corrected chi connectivity index (χ3v) is 4.82. The Morgan fingerprint density at radius 3 is 2.33 bits per heavy atom. The lowest BCUT2D eigenvalue weighted by molar-refractivity contribution is 0.102. The molecule has 27 heavy (non-hydrogen) atoms. The van der Waals surface area contributed by atoms with Crippen molar-refractivity contribution in [2.75, 3.05) is 5.32 Å². The molecular formula is C23H24N2O2. The maximum Gasteiger partial charge on any atom is 0.261 e. The molecule has 0 aliphatic heterocycles. The summed E-state index contributed by atoms with van der Waals surface area (Å²) in [6.07, 6.45) is 0. The van der Waals surface area contributed by atoms with Crippen LogP contribution in [0.2, 0.25) is 0 Å². The van der Waals surface area contributed by atoms with Gasteiger partial charge in [0.05, 0.1) is 0 Å². The van der Waals surface area contributed by atoms with Gasteiger partial charge in [-0.2, -0.15) is 0 Å². The number of hydrogen-bond donors (Lipinski definition) is 1. The summed E-state index contributed by atoms with van der Waals surface area (Å²) in [5, 5.41) is 2.89. The summed E-state index contributed by atoms with van der Waals surface area (Å²) in [6.45, 7) is 8.28. The molecule has 1 aromatic heterocycles. The van der Waals surface area contributed by atoms with Crippen LogP contribution in [0.1, 0.15) is 38.4 Å². The van der Waals surface area contributed by atoms with Crippen LogP contribution in [-0.4, -0.2) is 10.5 Å². The largest absolute Gasteiger partial charge is 0.344 e.